The van der Waals surface area contributed by atoms with Gasteiger partial charge >= 0.3 is 6.09 Å². The van der Waals surface area contributed by atoms with E-state index < -0.39 is 26.4 Å². The number of rotatable bonds is 0. The van der Waals surface area contributed by atoms with Gasteiger partial charge in [-0.15, -0.1) is 0 Å². The molecule has 0 saturated carbocycles. The van der Waals surface area contributed by atoms with Crippen molar-refractivity contribution in [1.29, 1.82) is 0 Å². The van der Waals surface area contributed by atoms with Gasteiger partial charge in [0.05, 0.1) is 12.6 Å². The van der Waals surface area contributed by atoms with Crippen LogP contribution in [0.3, 0.4) is 0 Å². The van der Waals surface area contributed by atoms with E-state index in [2.05, 4.69) is 4.74 Å². The van der Waals surface area contributed by atoms with Gasteiger partial charge in [0.15, 0.2) is 0 Å². The molecule has 1 aliphatic rings. The van der Waals surface area contributed by atoms with Crippen LogP contribution in [0.2, 0.25) is 0 Å². The van der Waals surface area contributed by atoms with Gasteiger partial charge in [0.1, 0.15) is 4.75 Å². The summed E-state index contributed by atoms with van der Waals surface area (Å²) in [4.78, 5) is 11.2. The number of hydrogen-bond acceptors (Lipinski definition) is 4. The van der Waals surface area contributed by atoms with E-state index in [1.807, 2.05) is 0 Å². The zero-order valence-electron chi connectivity index (χ0n) is 8.99. The van der Waals surface area contributed by atoms with Crippen LogP contribution < -0.4 is 0 Å². The first-order valence-corrected chi connectivity index (χ1v) is 5.67. The molecule has 0 bridgehead atoms. The van der Waals surface area contributed by atoms with E-state index in [1.165, 1.54) is 7.11 Å². The Balaban J connectivity index is 3.20. The van der Waals surface area contributed by atoms with Gasteiger partial charge in [0, 0.05) is 0 Å². The van der Waals surface area contributed by atoms with Gasteiger partial charge in [-0.2, -0.15) is 4.31 Å². The quantitative estimate of drug-likeness (QED) is 0.611. The van der Waals surface area contributed by atoms with Gasteiger partial charge < -0.3 is 4.74 Å². The molecule has 0 N–H and O–H groups in total. The highest BCUT2D eigenvalue weighted by Crippen LogP contribution is 2.48. The molecule has 82 valence electrons. The number of carbonyl (C=O) groups excluding carboxylic acids is 1. The van der Waals surface area contributed by atoms with Crippen LogP contribution >= 0.6 is 0 Å². The Bertz CT molecular complexity index is 369. The second kappa shape index (κ2) is 2.62. The Morgan fingerprint density at radius 3 is 1.93 bits per heavy atom. The second-order valence-electron chi connectivity index (χ2n) is 4.31. The molecule has 0 atom stereocenters. The van der Waals surface area contributed by atoms with E-state index in [0.29, 0.717) is 0 Å². The van der Waals surface area contributed by atoms with Crippen molar-refractivity contribution in [3.63, 3.8) is 0 Å². The Hall–Kier alpha value is -0.780. The summed E-state index contributed by atoms with van der Waals surface area (Å²) < 4.78 is 27.7. The highest BCUT2D eigenvalue weighted by molar-refractivity contribution is 7.92. The van der Waals surface area contributed by atoms with Gasteiger partial charge in [-0.25, -0.2) is 13.2 Å². The van der Waals surface area contributed by atoms with Crippen LogP contribution in [0.15, 0.2) is 0 Å². The Kier molecular flexibility index (Phi) is 2.12. The minimum absolute atomic E-state index is 0.737. The summed E-state index contributed by atoms with van der Waals surface area (Å²) in [5.74, 6) is 0. The van der Waals surface area contributed by atoms with Crippen LogP contribution in [0.1, 0.15) is 27.7 Å². The fourth-order valence-electron chi connectivity index (χ4n) is 1.46. The molecule has 1 amide bonds. The van der Waals surface area contributed by atoms with Gasteiger partial charge in [-0.1, -0.05) is 0 Å². The molecular formula is C8H15NO4S. The van der Waals surface area contributed by atoms with Crippen molar-refractivity contribution < 1.29 is 17.9 Å². The van der Waals surface area contributed by atoms with Gasteiger partial charge in [0.2, 0.25) is 10.0 Å². The zero-order chi connectivity index (χ0) is 11.4. The molecule has 6 heteroatoms. The highest BCUT2D eigenvalue weighted by atomic mass is 32.2. The maximum Gasteiger partial charge on any atom is 0.423 e. The average Bonchev–Trinajstić information content (AvgIpc) is 2.02. The van der Waals surface area contributed by atoms with Crippen molar-refractivity contribution in [3.05, 3.63) is 0 Å². The highest BCUT2D eigenvalue weighted by Gasteiger charge is 2.68. The standard InChI is InChI=1S/C8H15NO4S/c1-7(2)8(3,4)14(11,12)9(7)6(10)13-5/h1-5H3. The van der Waals surface area contributed by atoms with Crippen molar-refractivity contribution >= 4 is 16.1 Å². The molecular weight excluding hydrogens is 206 g/mol. The lowest BCUT2D eigenvalue weighted by Crippen LogP contribution is -2.77. The predicted molar refractivity (Wildman–Crippen MR) is 51.3 cm³/mol. The van der Waals surface area contributed by atoms with Gasteiger partial charge in [-0.3, -0.25) is 0 Å². The van der Waals surface area contributed by atoms with E-state index in [-0.39, 0.29) is 0 Å². The maximum atomic E-state index is 11.7. The van der Waals surface area contributed by atoms with Gasteiger partial charge in [-0.05, 0) is 27.7 Å². The maximum absolute atomic E-state index is 11.7. The fraction of sp³-hybridized carbons (Fsp3) is 0.875. The van der Waals surface area contributed by atoms with Crippen LogP contribution in [0.5, 0.6) is 0 Å². The summed E-state index contributed by atoms with van der Waals surface area (Å²) in [5.41, 5.74) is -0.737. The van der Waals surface area contributed by atoms with Crippen molar-refractivity contribution in [3.8, 4) is 0 Å². The molecule has 5 nitrogen and oxygen atoms in total. The predicted octanol–water partition coefficient (Wildman–Crippen LogP) is 0.955. The lowest BCUT2D eigenvalue weighted by atomic mass is 9.89. The lowest BCUT2D eigenvalue weighted by Gasteiger charge is -2.57. The molecule has 0 aromatic carbocycles. The molecule has 0 aromatic heterocycles. The fourth-order valence-corrected chi connectivity index (χ4v) is 3.61. The van der Waals surface area contributed by atoms with Crippen molar-refractivity contribution in [2.45, 2.75) is 38.0 Å². The van der Waals surface area contributed by atoms with Crippen molar-refractivity contribution in [1.82, 2.24) is 4.31 Å². The second-order valence-corrected chi connectivity index (χ2v) is 6.64. The number of sulfonamides is 1. The number of carbonyl (C=O) groups is 1. The Morgan fingerprint density at radius 2 is 1.64 bits per heavy atom. The largest absolute Gasteiger partial charge is 0.452 e. The monoisotopic (exact) mass is 221 g/mol. The molecule has 14 heavy (non-hydrogen) atoms. The third kappa shape index (κ3) is 0.945. The van der Waals surface area contributed by atoms with E-state index in [0.717, 1.165) is 4.31 Å². The molecule has 1 rings (SSSR count). The number of ether oxygens (including phenoxy) is 1. The normalized spacial score (nSPS) is 26.5. The molecule has 1 saturated heterocycles. The topological polar surface area (TPSA) is 63.7 Å². The SMILES string of the molecule is COC(=O)N1C(C)(C)C(C)(C)S1(=O)=O. The lowest BCUT2D eigenvalue weighted by molar-refractivity contribution is 0.0808. The smallest absolute Gasteiger partial charge is 0.423 e. The molecule has 1 fully saturated rings. The minimum atomic E-state index is -3.56. The first kappa shape index (κ1) is 11.3. The van der Waals surface area contributed by atoms with E-state index in [1.54, 1.807) is 27.7 Å². The van der Waals surface area contributed by atoms with Crippen LogP contribution in [0.4, 0.5) is 4.79 Å². The first-order chi connectivity index (χ1) is 6.10. The molecule has 1 heterocycles. The average molecular weight is 221 g/mol. The molecule has 1 aliphatic heterocycles. The Morgan fingerprint density at radius 1 is 1.21 bits per heavy atom. The minimum Gasteiger partial charge on any atom is -0.452 e. The van der Waals surface area contributed by atoms with E-state index in [9.17, 15) is 13.2 Å². The van der Waals surface area contributed by atoms with Gasteiger partial charge in [0.25, 0.3) is 0 Å². The first-order valence-electron chi connectivity index (χ1n) is 4.23. The summed E-state index contributed by atoms with van der Waals surface area (Å²) in [6, 6.07) is 0. The van der Waals surface area contributed by atoms with E-state index >= 15 is 0 Å². The summed E-state index contributed by atoms with van der Waals surface area (Å²) in [6.07, 6.45) is -0.825. The molecule has 0 spiro atoms. The van der Waals surface area contributed by atoms with E-state index in [4.69, 9.17) is 0 Å². The van der Waals surface area contributed by atoms with Crippen LogP contribution in [-0.4, -0.2) is 36.2 Å². The number of methoxy groups -OCH3 is 1. The third-order valence-electron chi connectivity index (χ3n) is 3.21. The molecule has 0 aliphatic carbocycles. The number of amides is 1. The van der Waals surface area contributed by atoms with Crippen LogP contribution in [0.25, 0.3) is 0 Å². The van der Waals surface area contributed by atoms with Crippen LogP contribution in [-0.2, 0) is 14.8 Å². The molecule has 0 unspecified atom stereocenters. The van der Waals surface area contributed by atoms with Crippen molar-refractivity contribution in [2.75, 3.05) is 7.11 Å². The summed E-state index contributed by atoms with van der Waals surface area (Å²) in [7, 11) is -2.39. The zero-order valence-corrected chi connectivity index (χ0v) is 9.80. The third-order valence-corrected chi connectivity index (χ3v) is 6.08. The summed E-state index contributed by atoms with van der Waals surface area (Å²) >= 11 is 0. The summed E-state index contributed by atoms with van der Waals surface area (Å²) in [6.45, 7) is 6.60. The number of hydrogen-bond donors (Lipinski definition) is 0. The Labute approximate surface area is 84.1 Å². The summed E-state index contributed by atoms with van der Waals surface area (Å²) in [5, 5.41) is 0. The molecule has 0 radical (unpaired) electrons. The number of nitrogens with zero attached hydrogens (tertiary/aromatic N) is 1. The van der Waals surface area contributed by atoms with Crippen molar-refractivity contribution in [2.24, 2.45) is 0 Å². The molecule has 0 aromatic rings. The van der Waals surface area contributed by atoms with Crippen LogP contribution in [0, 0.1) is 0 Å².